The van der Waals surface area contributed by atoms with Crippen LogP contribution in [0, 0.1) is 5.41 Å². The fourth-order valence-corrected chi connectivity index (χ4v) is 3.51. The second kappa shape index (κ2) is 7.67. The van der Waals surface area contributed by atoms with E-state index in [-0.39, 0.29) is 24.1 Å². The molecule has 4 heterocycles. The van der Waals surface area contributed by atoms with Crippen molar-refractivity contribution in [2.24, 2.45) is 10.7 Å². The zero-order valence-corrected chi connectivity index (χ0v) is 16.5. The molecule has 3 aromatic heterocycles. The van der Waals surface area contributed by atoms with E-state index in [0.717, 1.165) is 36.3 Å². The number of amidine groups is 1. The molecule has 0 amide bonds. The molecule has 9 heteroatoms. The summed E-state index contributed by atoms with van der Waals surface area (Å²) in [6, 6.07) is 5.71. The molecule has 0 bridgehead atoms. The SMILES string of the molecule is CC1(C)CCC(Cc2nnc3cc(-c4ccnc(N=C(N)CC=N)n4)ccn23)O1. The Morgan fingerprint density at radius 1 is 1.41 bits per heavy atom. The van der Waals surface area contributed by atoms with Gasteiger partial charge in [-0.05, 0) is 44.9 Å². The van der Waals surface area contributed by atoms with Gasteiger partial charge in [0.05, 0.1) is 17.4 Å². The number of pyridine rings is 1. The largest absolute Gasteiger partial charge is 0.387 e. The summed E-state index contributed by atoms with van der Waals surface area (Å²) < 4.78 is 8.08. The lowest BCUT2D eigenvalue weighted by atomic mass is 10.0. The van der Waals surface area contributed by atoms with Gasteiger partial charge in [-0.25, -0.2) is 9.97 Å². The first-order valence-electron chi connectivity index (χ1n) is 9.60. The minimum atomic E-state index is -0.0619. The molecule has 1 aliphatic rings. The number of ether oxygens (including phenoxy) is 1. The van der Waals surface area contributed by atoms with E-state index in [2.05, 4.69) is 39.0 Å². The van der Waals surface area contributed by atoms with Crippen molar-refractivity contribution in [3.05, 3.63) is 36.4 Å². The van der Waals surface area contributed by atoms with Crippen molar-refractivity contribution in [2.75, 3.05) is 0 Å². The smallest absolute Gasteiger partial charge is 0.251 e. The molecule has 3 N–H and O–H groups in total. The Labute approximate surface area is 168 Å². The second-order valence-corrected chi connectivity index (χ2v) is 7.76. The zero-order valence-electron chi connectivity index (χ0n) is 16.5. The van der Waals surface area contributed by atoms with Gasteiger partial charge in [-0.15, -0.1) is 10.2 Å². The van der Waals surface area contributed by atoms with E-state index in [1.807, 2.05) is 28.8 Å². The molecule has 9 nitrogen and oxygen atoms in total. The van der Waals surface area contributed by atoms with Crippen molar-refractivity contribution < 1.29 is 4.74 Å². The van der Waals surface area contributed by atoms with E-state index in [9.17, 15) is 0 Å². The highest BCUT2D eigenvalue weighted by molar-refractivity contribution is 5.93. The number of nitrogens with two attached hydrogens (primary N) is 1. The van der Waals surface area contributed by atoms with Crippen LogP contribution in [-0.2, 0) is 11.2 Å². The Balaban J connectivity index is 1.57. The number of nitrogens with zero attached hydrogens (tertiary/aromatic N) is 6. The van der Waals surface area contributed by atoms with Crippen LogP contribution in [0.5, 0.6) is 0 Å². The third kappa shape index (κ3) is 4.29. The van der Waals surface area contributed by atoms with Crippen LogP contribution in [0.3, 0.4) is 0 Å². The molecular weight excluding hydrogens is 368 g/mol. The molecule has 1 saturated heterocycles. The Bertz CT molecular complexity index is 1070. The number of rotatable bonds is 6. The summed E-state index contributed by atoms with van der Waals surface area (Å²) in [6.45, 7) is 4.25. The highest BCUT2D eigenvalue weighted by Gasteiger charge is 2.32. The van der Waals surface area contributed by atoms with Gasteiger partial charge in [0.1, 0.15) is 11.7 Å². The molecule has 1 unspecified atom stereocenters. The van der Waals surface area contributed by atoms with Crippen LogP contribution in [0.25, 0.3) is 16.9 Å². The molecule has 4 rings (SSSR count). The van der Waals surface area contributed by atoms with E-state index in [1.165, 1.54) is 6.21 Å². The average Bonchev–Trinajstić information content (AvgIpc) is 3.24. The number of nitrogens with one attached hydrogen (secondary N) is 1. The van der Waals surface area contributed by atoms with Crippen LogP contribution in [0.15, 0.2) is 35.6 Å². The number of aromatic nitrogens is 5. The summed E-state index contributed by atoms with van der Waals surface area (Å²) in [6.07, 6.45) is 8.05. The lowest BCUT2D eigenvalue weighted by Crippen LogP contribution is -2.21. The van der Waals surface area contributed by atoms with Gasteiger partial charge in [-0.1, -0.05) is 0 Å². The standard InChI is InChI=1S/C20H24N8O/c1-20(2)7-3-14(29-20)12-18-27-26-17-11-13(6-10-28(17)18)15-5-9-23-19(24-15)25-16(22)4-8-21/h5-6,8-11,14,21H,3-4,7,12H2,1-2H3,(H2,22,23,24,25). The maximum atomic E-state index is 7.09. The molecule has 1 aliphatic heterocycles. The van der Waals surface area contributed by atoms with Crippen LogP contribution in [-0.4, -0.2) is 48.3 Å². The molecule has 1 atom stereocenters. The van der Waals surface area contributed by atoms with E-state index in [1.54, 1.807) is 6.20 Å². The molecular formula is C20H24N8O. The van der Waals surface area contributed by atoms with E-state index in [0.29, 0.717) is 11.5 Å². The Hall–Kier alpha value is -3.20. The monoisotopic (exact) mass is 392 g/mol. The fraction of sp³-hybridized carbons (Fsp3) is 0.400. The van der Waals surface area contributed by atoms with Crippen LogP contribution in [0.4, 0.5) is 5.95 Å². The summed E-state index contributed by atoms with van der Waals surface area (Å²) in [4.78, 5) is 12.7. The molecule has 150 valence electrons. The quantitative estimate of drug-likeness (QED) is 0.490. The Morgan fingerprint density at radius 2 is 2.28 bits per heavy atom. The average molecular weight is 392 g/mol. The minimum absolute atomic E-state index is 0.0619. The number of hydrogen-bond acceptors (Lipinski definition) is 7. The topological polar surface area (TPSA) is 127 Å². The minimum Gasteiger partial charge on any atom is -0.387 e. The van der Waals surface area contributed by atoms with Gasteiger partial charge in [0.25, 0.3) is 5.95 Å². The third-order valence-electron chi connectivity index (χ3n) is 4.94. The summed E-state index contributed by atoms with van der Waals surface area (Å²) in [5.74, 6) is 1.46. The second-order valence-electron chi connectivity index (χ2n) is 7.76. The van der Waals surface area contributed by atoms with Gasteiger partial charge in [0, 0.05) is 37.0 Å². The first kappa shape index (κ1) is 19.1. The summed E-state index contributed by atoms with van der Waals surface area (Å²) >= 11 is 0. The number of aliphatic imine (C=N–C) groups is 1. The molecule has 0 radical (unpaired) electrons. The Morgan fingerprint density at radius 3 is 3.03 bits per heavy atom. The maximum Gasteiger partial charge on any atom is 0.251 e. The molecule has 0 saturated carbocycles. The number of hydrogen-bond donors (Lipinski definition) is 2. The normalized spacial score (nSPS) is 19.0. The summed E-state index contributed by atoms with van der Waals surface area (Å²) in [7, 11) is 0. The predicted octanol–water partition coefficient (Wildman–Crippen LogP) is 2.71. The lowest BCUT2D eigenvalue weighted by Gasteiger charge is -2.18. The zero-order chi connectivity index (χ0) is 20.4. The molecule has 0 aromatic carbocycles. The van der Waals surface area contributed by atoms with Crippen molar-refractivity contribution in [1.82, 2.24) is 24.6 Å². The molecule has 0 spiro atoms. The summed E-state index contributed by atoms with van der Waals surface area (Å²) in [5, 5.41) is 15.8. The first-order valence-corrected chi connectivity index (χ1v) is 9.60. The summed E-state index contributed by atoms with van der Waals surface area (Å²) in [5.41, 5.74) is 8.05. The highest BCUT2D eigenvalue weighted by Crippen LogP contribution is 2.31. The lowest BCUT2D eigenvalue weighted by molar-refractivity contribution is -0.0153. The predicted molar refractivity (Wildman–Crippen MR) is 111 cm³/mol. The van der Waals surface area contributed by atoms with E-state index >= 15 is 0 Å². The van der Waals surface area contributed by atoms with Gasteiger partial charge < -0.3 is 15.9 Å². The first-order chi connectivity index (χ1) is 13.9. The molecule has 1 fully saturated rings. The van der Waals surface area contributed by atoms with Gasteiger partial charge in [0.15, 0.2) is 5.65 Å². The van der Waals surface area contributed by atoms with Crippen LogP contribution in [0.1, 0.15) is 38.9 Å². The molecule has 3 aromatic rings. The van der Waals surface area contributed by atoms with Crippen molar-refractivity contribution >= 4 is 23.6 Å². The van der Waals surface area contributed by atoms with Crippen molar-refractivity contribution in [3.8, 4) is 11.3 Å². The highest BCUT2D eigenvalue weighted by atomic mass is 16.5. The fourth-order valence-electron chi connectivity index (χ4n) is 3.51. The van der Waals surface area contributed by atoms with Gasteiger partial charge >= 0.3 is 0 Å². The van der Waals surface area contributed by atoms with Gasteiger partial charge in [-0.2, -0.15) is 4.99 Å². The van der Waals surface area contributed by atoms with Crippen LogP contribution in [0.2, 0.25) is 0 Å². The maximum absolute atomic E-state index is 7.09. The molecule has 29 heavy (non-hydrogen) atoms. The van der Waals surface area contributed by atoms with E-state index in [4.69, 9.17) is 15.9 Å². The van der Waals surface area contributed by atoms with Crippen molar-refractivity contribution in [1.29, 1.82) is 5.41 Å². The van der Waals surface area contributed by atoms with Crippen molar-refractivity contribution in [3.63, 3.8) is 0 Å². The van der Waals surface area contributed by atoms with Gasteiger partial charge in [0.2, 0.25) is 0 Å². The third-order valence-corrected chi connectivity index (χ3v) is 4.94. The number of fused-ring (bicyclic) bond motifs is 1. The van der Waals surface area contributed by atoms with Crippen LogP contribution < -0.4 is 5.73 Å². The molecule has 0 aliphatic carbocycles. The Kier molecular flexibility index (Phi) is 5.06. The van der Waals surface area contributed by atoms with Crippen molar-refractivity contribution in [2.45, 2.75) is 51.2 Å². The van der Waals surface area contributed by atoms with Crippen LogP contribution >= 0.6 is 0 Å². The van der Waals surface area contributed by atoms with Gasteiger partial charge in [-0.3, -0.25) is 4.40 Å². The van der Waals surface area contributed by atoms with E-state index < -0.39 is 0 Å².